The zero-order valence-electron chi connectivity index (χ0n) is 15.7. The maximum absolute atomic E-state index is 5.90. The molecular formula is C21H33N3O. The van der Waals surface area contributed by atoms with E-state index in [1.54, 1.807) is 0 Å². The molecule has 0 unspecified atom stereocenters. The zero-order valence-corrected chi connectivity index (χ0v) is 15.7. The minimum absolute atomic E-state index is 0.435. The lowest BCUT2D eigenvalue weighted by Gasteiger charge is -2.07. The van der Waals surface area contributed by atoms with Crippen molar-refractivity contribution >= 4 is 17.1 Å². The number of rotatable bonds is 11. The summed E-state index contributed by atoms with van der Waals surface area (Å²) in [5, 5.41) is 6.74. The van der Waals surface area contributed by atoms with Gasteiger partial charge in [-0.15, -0.1) is 0 Å². The maximum Gasteiger partial charge on any atom is 0.295 e. The van der Waals surface area contributed by atoms with Crippen LogP contribution in [0.25, 0.3) is 11.1 Å². The molecule has 1 atom stereocenters. The van der Waals surface area contributed by atoms with Gasteiger partial charge in [0, 0.05) is 12.6 Å². The minimum Gasteiger partial charge on any atom is -0.424 e. The van der Waals surface area contributed by atoms with Gasteiger partial charge in [-0.1, -0.05) is 57.9 Å². The number of nitrogens with zero attached hydrogens (tertiary/aromatic N) is 1. The largest absolute Gasteiger partial charge is 0.424 e. The summed E-state index contributed by atoms with van der Waals surface area (Å²) in [6, 6.07) is 7.56. The number of hydrogen-bond donors (Lipinski definition) is 2. The highest BCUT2D eigenvalue weighted by Gasteiger charge is 2.16. The second-order valence-corrected chi connectivity index (χ2v) is 7.38. The molecule has 4 nitrogen and oxygen atoms in total. The van der Waals surface area contributed by atoms with Crippen molar-refractivity contribution in [1.29, 1.82) is 0 Å². The normalized spacial score (nSPS) is 17.4. The van der Waals surface area contributed by atoms with Gasteiger partial charge < -0.3 is 15.1 Å². The van der Waals surface area contributed by atoms with Crippen LogP contribution in [-0.2, 0) is 6.42 Å². The van der Waals surface area contributed by atoms with Gasteiger partial charge in [-0.25, -0.2) is 0 Å². The first-order valence-electron chi connectivity index (χ1n) is 10.2. The van der Waals surface area contributed by atoms with Gasteiger partial charge in [0.05, 0.1) is 0 Å². The van der Waals surface area contributed by atoms with Crippen LogP contribution >= 0.6 is 0 Å². The summed E-state index contributed by atoms with van der Waals surface area (Å²) in [6.07, 6.45) is 13.2. The van der Waals surface area contributed by atoms with Crippen LogP contribution in [0.4, 0.5) is 6.01 Å². The number of unbranched alkanes of at least 4 members (excludes halogenated alkanes) is 7. The average molecular weight is 344 g/mol. The maximum atomic E-state index is 5.90. The molecule has 0 radical (unpaired) electrons. The molecule has 1 aliphatic rings. The second kappa shape index (κ2) is 9.81. The molecule has 0 aliphatic carbocycles. The molecule has 138 valence electrons. The summed E-state index contributed by atoms with van der Waals surface area (Å²) in [5.74, 6) is 0. The summed E-state index contributed by atoms with van der Waals surface area (Å²) in [5.41, 5.74) is 3.22. The van der Waals surface area contributed by atoms with Crippen LogP contribution in [0.1, 0.15) is 70.3 Å². The Kier molecular flexibility index (Phi) is 7.16. The third-order valence-corrected chi connectivity index (χ3v) is 5.16. The Morgan fingerprint density at radius 2 is 1.92 bits per heavy atom. The number of fused-ring (bicyclic) bond motifs is 1. The van der Waals surface area contributed by atoms with Crippen LogP contribution in [0, 0.1) is 0 Å². The Hall–Kier alpha value is -1.55. The van der Waals surface area contributed by atoms with E-state index in [4.69, 9.17) is 4.42 Å². The van der Waals surface area contributed by atoms with E-state index < -0.39 is 0 Å². The van der Waals surface area contributed by atoms with E-state index in [0.717, 1.165) is 37.0 Å². The van der Waals surface area contributed by atoms with E-state index in [1.807, 2.05) is 0 Å². The molecule has 0 amide bonds. The fraction of sp³-hybridized carbons (Fsp3) is 0.667. The number of hydrogen-bond acceptors (Lipinski definition) is 4. The lowest BCUT2D eigenvalue weighted by molar-refractivity contribution is 0.575. The number of anilines is 1. The van der Waals surface area contributed by atoms with Crippen molar-refractivity contribution in [2.45, 2.75) is 77.2 Å². The average Bonchev–Trinajstić information content (AvgIpc) is 3.26. The van der Waals surface area contributed by atoms with Crippen molar-refractivity contribution in [3.05, 3.63) is 23.8 Å². The molecule has 0 bridgehead atoms. The molecule has 1 saturated heterocycles. The van der Waals surface area contributed by atoms with Crippen molar-refractivity contribution in [3.8, 4) is 0 Å². The molecule has 1 fully saturated rings. The van der Waals surface area contributed by atoms with Crippen LogP contribution in [0.15, 0.2) is 22.6 Å². The van der Waals surface area contributed by atoms with Crippen LogP contribution in [0.2, 0.25) is 0 Å². The van der Waals surface area contributed by atoms with E-state index >= 15 is 0 Å². The molecule has 3 rings (SSSR count). The predicted molar refractivity (Wildman–Crippen MR) is 105 cm³/mol. The van der Waals surface area contributed by atoms with E-state index in [1.165, 1.54) is 56.9 Å². The van der Waals surface area contributed by atoms with Crippen molar-refractivity contribution in [1.82, 2.24) is 10.3 Å². The molecule has 0 spiro atoms. The highest BCUT2D eigenvalue weighted by Crippen LogP contribution is 2.22. The standard InChI is InChI=1S/C21H33N3O/c1-2-3-4-5-6-7-8-9-10-17-11-12-19-20(15-17)25-21(24-19)23-18-13-14-22-16-18/h11-12,15,18,22H,2-10,13-14,16H2,1H3,(H,23,24)/t18-/m1/s1. The quantitative estimate of drug-likeness (QED) is 0.545. The minimum atomic E-state index is 0.435. The molecule has 25 heavy (non-hydrogen) atoms. The molecule has 1 aromatic heterocycles. The van der Waals surface area contributed by atoms with E-state index in [9.17, 15) is 0 Å². The monoisotopic (exact) mass is 343 g/mol. The third-order valence-electron chi connectivity index (χ3n) is 5.16. The zero-order chi connectivity index (χ0) is 17.3. The molecule has 0 saturated carbocycles. The number of nitrogens with one attached hydrogen (secondary N) is 2. The molecule has 4 heteroatoms. The Morgan fingerprint density at radius 1 is 1.12 bits per heavy atom. The van der Waals surface area contributed by atoms with Crippen molar-refractivity contribution in [2.24, 2.45) is 0 Å². The Bertz CT molecular complexity index is 631. The molecule has 2 heterocycles. The fourth-order valence-corrected chi connectivity index (χ4v) is 3.60. The van der Waals surface area contributed by atoms with E-state index in [-0.39, 0.29) is 0 Å². The van der Waals surface area contributed by atoms with Crippen LogP contribution in [0.5, 0.6) is 0 Å². The highest BCUT2D eigenvalue weighted by molar-refractivity contribution is 5.75. The summed E-state index contributed by atoms with van der Waals surface area (Å²) in [4.78, 5) is 4.56. The van der Waals surface area contributed by atoms with Gasteiger partial charge in [-0.2, -0.15) is 4.98 Å². The van der Waals surface area contributed by atoms with Gasteiger partial charge in [0.1, 0.15) is 5.52 Å². The number of aryl methyl sites for hydroxylation is 1. The number of oxazole rings is 1. The summed E-state index contributed by atoms with van der Waals surface area (Å²) in [6.45, 7) is 4.33. The van der Waals surface area contributed by atoms with E-state index in [2.05, 4.69) is 40.7 Å². The van der Waals surface area contributed by atoms with Crippen LogP contribution < -0.4 is 10.6 Å². The highest BCUT2D eigenvalue weighted by atomic mass is 16.4. The number of aromatic nitrogens is 1. The third kappa shape index (κ3) is 5.74. The topological polar surface area (TPSA) is 50.1 Å². The predicted octanol–water partition coefficient (Wildman–Crippen LogP) is 5.28. The molecule has 1 aliphatic heterocycles. The smallest absolute Gasteiger partial charge is 0.295 e. The SMILES string of the molecule is CCCCCCCCCCc1ccc2nc(N[C@@H]3CCNC3)oc2c1. The first-order chi connectivity index (χ1) is 12.3. The van der Waals surface area contributed by atoms with Crippen LogP contribution in [-0.4, -0.2) is 24.1 Å². The first-order valence-corrected chi connectivity index (χ1v) is 10.2. The Morgan fingerprint density at radius 3 is 2.68 bits per heavy atom. The molecule has 1 aromatic carbocycles. The first kappa shape index (κ1) is 18.2. The summed E-state index contributed by atoms with van der Waals surface area (Å²) < 4.78 is 5.90. The summed E-state index contributed by atoms with van der Waals surface area (Å²) >= 11 is 0. The molecule has 2 aromatic rings. The Labute approximate surface area is 151 Å². The van der Waals surface area contributed by atoms with Crippen molar-refractivity contribution in [2.75, 3.05) is 18.4 Å². The van der Waals surface area contributed by atoms with Gasteiger partial charge in [0.15, 0.2) is 5.58 Å². The van der Waals surface area contributed by atoms with Gasteiger partial charge >= 0.3 is 0 Å². The van der Waals surface area contributed by atoms with Gasteiger partial charge in [-0.05, 0) is 43.5 Å². The van der Waals surface area contributed by atoms with Gasteiger partial charge in [-0.3, -0.25) is 0 Å². The van der Waals surface area contributed by atoms with Gasteiger partial charge in [0.25, 0.3) is 6.01 Å². The lowest BCUT2D eigenvalue weighted by atomic mass is 10.0. The van der Waals surface area contributed by atoms with Crippen molar-refractivity contribution in [3.63, 3.8) is 0 Å². The molecule has 2 N–H and O–H groups in total. The number of benzene rings is 1. The Balaban J connectivity index is 1.41. The van der Waals surface area contributed by atoms with Gasteiger partial charge in [0.2, 0.25) is 0 Å². The lowest BCUT2D eigenvalue weighted by Crippen LogP contribution is -2.22. The van der Waals surface area contributed by atoms with E-state index in [0.29, 0.717) is 12.1 Å². The van der Waals surface area contributed by atoms with Crippen LogP contribution in [0.3, 0.4) is 0 Å². The summed E-state index contributed by atoms with van der Waals surface area (Å²) in [7, 11) is 0. The fourth-order valence-electron chi connectivity index (χ4n) is 3.60. The van der Waals surface area contributed by atoms with Crippen molar-refractivity contribution < 1.29 is 4.42 Å². The molecular weight excluding hydrogens is 310 g/mol. The second-order valence-electron chi connectivity index (χ2n) is 7.38.